The first-order valence-corrected chi connectivity index (χ1v) is 42.1. The summed E-state index contributed by atoms with van der Waals surface area (Å²) in [4.78, 5) is 72.8. The number of phosphoric acid groups is 2. The molecule has 3 N–H and O–H groups in total. The first kappa shape index (κ1) is 92.1. The molecule has 0 radical (unpaired) electrons. The van der Waals surface area contributed by atoms with Gasteiger partial charge in [-0.05, 0) is 37.5 Å². The number of phosphoric ester groups is 2. The van der Waals surface area contributed by atoms with Crippen molar-refractivity contribution in [2.45, 2.75) is 407 Å². The van der Waals surface area contributed by atoms with Crippen molar-refractivity contribution >= 4 is 39.5 Å². The second kappa shape index (κ2) is 66.9. The molecule has 558 valence electrons. The fourth-order valence-corrected chi connectivity index (χ4v) is 13.0. The van der Waals surface area contributed by atoms with Gasteiger partial charge in [-0.25, -0.2) is 9.13 Å². The first-order chi connectivity index (χ1) is 45.4. The molecule has 0 aromatic heterocycles. The molecule has 19 heteroatoms. The van der Waals surface area contributed by atoms with Gasteiger partial charge in [-0.3, -0.25) is 37.3 Å². The lowest BCUT2D eigenvalue weighted by Gasteiger charge is -2.21. The van der Waals surface area contributed by atoms with E-state index in [1.165, 1.54) is 205 Å². The van der Waals surface area contributed by atoms with Gasteiger partial charge in [-0.1, -0.05) is 337 Å². The van der Waals surface area contributed by atoms with Crippen molar-refractivity contribution in [3.63, 3.8) is 0 Å². The molecule has 0 aliphatic carbocycles. The van der Waals surface area contributed by atoms with Crippen LogP contribution >= 0.6 is 15.6 Å². The molecule has 17 nitrogen and oxygen atoms in total. The van der Waals surface area contributed by atoms with Gasteiger partial charge in [0, 0.05) is 25.7 Å². The minimum Gasteiger partial charge on any atom is -0.462 e. The minimum atomic E-state index is -4.96. The summed E-state index contributed by atoms with van der Waals surface area (Å²) < 4.78 is 68.5. The van der Waals surface area contributed by atoms with Crippen LogP contribution in [0.25, 0.3) is 0 Å². The third-order valence-electron chi connectivity index (χ3n) is 18.2. The van der Waals surface area contributed by atoms with Crippen LogP contribution in [0.1, 0.15) is 388 Å². The Kier molecular flexibility index (Phi) is 65.5. The molecule has 0 amide bonds. The van der Waals surface area contributed by atoms with Crippen molar-refractivity contribution in [1.82, 2.24) is 0 Å². The molecule has 0 saturated carbocycles. The molecule has 0 aromatic rings. The van der Waals surface area contributed by atoms with E-state index in [-0.39, 0.29) is 25.7 Å². The van der Waals surface area contributed by atoms with E-state index in [9.17, 15) is 43.2 Å². The van der Waals surface area contributed by atoms with Crippen molar-refractivity contribution in [2.75, 3.05) is 39.6 Å². The topological polar surface area (TPSA) is 237 Å². The number of hydrogen-bond donors (Lipinski definition) is 3. The molecule has 7 atom stereocenters. The van der Waals surface area contributed by atoms with Crippen molar-refractivity contribution in [1.29, 1.82) is 0 Å². The summed E-state index contributed by atoms with van der Waals surface area (Å²) in [5, 5.41) is 10.6. The maximum absolute atomic E-state index is 13.1. The zero-order valence-corrected chi connectivity index (χ0v) is 63.1. The van der Waals surface area contributed by atoms with E-state index >= 15 is 0 Å². The lowest BCUT2D eigenvalue weighted by atomic mass is 9.99. The number of aliphatic hydroxyl groups is 1. The predicted octanol–water partition coefficient (Wildman–Crippen LogP) is 21.9. The van der Waals surface area contributed by atoms with Crippen LogP contribution in [0.5, 0.6) is 0 Å². The minimum absolute atomic E-state index is 0.106. The highest BCUT2D eigenvalue weighted by Crippen LogP contribution is 2.45. The smallest absolute Gasteiger partial charge is 0.462 e. The van der Waals surface area contributed by atoms with Crippen LogP contribution in [0.15, 0.2) is 0 Å². The van der Waals surface area contributed by atoms with Gasteiger partial charge < -0.3 is 33.8 Å². The Morgan fingerprint density at radius 3 is 0.755 bits per heavy atom. The fraction of sp³-hybridized carbons (Fsp3) is 0.947. The molecule has 4 unspecified atom stereocenters. The quantitative estimate of drug-likeness (QED) is 0.0222. The summed E-state index contributed by atoms with van der Waals surface area (Å²) >= 11 is 0. The summed E-state index contributed by atoms with van der Waals surface area (Å²) in [7, 11) is -9.91. The number of hydrogen-bond acceptors (Lipinski definition) is 15. The second-order valence-electron chi connectivity index (χ2n) is 27.5. The largest absolute Gasteiger partial charge is 0.472 e. The number of rotatable bonds is 74. The molecule has 0 aromatic carbocycles. The average molecular weight is 1380 g/mol. The second-order valence-corrected chi connectivity index (χ2v) is 30.4. The van der Waals surface area contributed by atoms with Crippen LogP contribution in [0.3, 0.4) is 0 Å². The molecular weight excluding hydrogens is 1230 g/mol. The Labute approximate surface area is 575 Å². The molecule has 0 fully saturated rings. The number of carbonyl (C=O) groups excluding carboxylic acids is 4. The van der Waals surface area contributed by atoms with E-state index in [1.54, 1.807) is 0 Å². The van der Waals surface area contributed by atoms with Gasteiger partial charge in [-0.15, -0.1) is 0 Å². The SMILES string of the molecule is CCCCCCCCCCCCCCCCC(=O)O[C@H](COC(=O)CCCCCCCCCCCCCC)COP(=O)(O)OC[C@H](O)COP(=O)(O)OC[C@@H](COC(=O)CCCCCCCCCCCCC(C)CC)OC(=O)CCCCCCCCCCCCC(C)CC. The van der Waals surface area contributed by atoms with Crippen LogP contribution in [0, 0.1) is 11.8 Å². The molecule has 0 bridgehead atoms. The van der Waals surface area contributed by atoms with Gasteiger partial charge in [0.2, 0.25) is 0 Å². The molecule has 0 aliphatic heterocycles. The lowest BCUT2D eigenvalue weighted by molar-refractivity contribution is -0.161. The number of esters is 4. The summed E-state index contributed by atoms with van der Waals surface area (Å²) in [5.41, 5.74) is 0. The van der Waals surface area contributed by atoms with E-state index in [1.807, 2.05) is 0 Å². The van der Waals surface area contributed by atoms with E-state index < -0.39 is 97.5 Å². The van der Waals surface area contributed by atoms with E-state index in [4.69, 9.17) is 37.0 Å². The number of carbonyl (C=O) groups is 4. The van der Waals surface area contributed by atoms with Crippen molar-refractivity contribution in [3.05, 3.63) is 0 Å². The van der Waals surface area contributed by atoms with Gasteiger partial charge in [0.05, 0.1) is 26.4 Å². The van der Waals surface area contributed by atoms with Crippen LogP contribution < -0.4 is 0 Å². The van der Waals surface area contributed by atoms with Gasteiger partial charge in [0.1, 0.15) is 19.3 Å². The Balaban J connectivity index is 5.28. The maximum Gasteiger partial charge on any atom is 0.472 e. The van der Waals surface area contributed by atoms with Gasteiger partial charge in [0.25, 0.3) is 0 Å². The Morgan fingerprint density at radius 2 is 0.511 bits per heavy atom. The standard InChI is InChI=1S/C75H146O17P2/c1-7-11-13-15-17-19-21-23-24-26-35-41-47-53-59-74(79)91-70(63-85-72(77)57-51-45-39-33-25-22-20-18-16-14-12-8-2)65-89-93(81,82)87-61-69(76)62-88-94(83,84)90-66-71(92-75(80)60-54-48-42-36-30-28-32-38-44-50-56-68(6)10-4)64-86-73(78)58-52-46-40-34-29-27-31-37-43-49-55-67(5)9-3/h67-71,76H,7-66H2,1-6H3,(H,81,82)(H,83,84)/t67?,68?,69-,70+,71+/m0/s1. The van der Waals surface area contributed by atoms with Crippen molar-refractivity contribution < 1.29 is 80.2 Å². The summed E-state index contributed by atoms with van der Waals surface area (Å²) in [6.07, 6.45) is 53.7. The predicted molar refractivity (Wildman–Crippen MR) is 381 cm³/mol. The van der Waals surface area contributed by atoms with Crippen molar-refractivity contribution in [2.24, 2.45) is 11.8 Å². The zero-order chi connectivity index (χ0) is 69.3. The monoisotopic (exact) mass is 1380 g/mol. The average Bonchev–Trinajstić information content (AvgIpc) is 1.65. The molecular formula is C75H146O17P2. The number of ether oxygens (including phenoxy) is 4. The van der Waals surface area contributed by atoms with E-state index in [0.717, 1.165) is 102 Å². The molecule has 0 rings (SSSR count). The zero-order valence-electron chi connectivity index (χ0n) is 61.3. The van der Waals surface area contributed by atoms with Crippen LogP contribution in [-0.2, 0) is 65.4 Å². The first-order valence-electron chi connectivity index (χ1n) is 39.1. The van der Waals surface area contributed by atoms with Gasteiger partial charge >= 0.3 is 39.5 Å². The molecule has 0 aliphatic rings. The highest BCUT2D eigenvalue weighted by molar-refractivity contribution is 7.47. The maximum atomic E-state index is 13.1. The molecule has 0 heterocycles. The number of unbranched alkanes of at least 4 members (excludes halogenated alkanes) is 42. The molecule has 94 heavy (non-hydrogen) atoms. The lowest BCUT2D eigenvalue weighted by Crippen LogP contribution is -2.30. The van der Waals surface area contributed by atoms with E-state index in [2.05, 4.69) is 41.5 Å². The van der Waals surface area contributed by atoms with Crippen LogP contribution in [0.4, 0.5) is 0 Å². The Hall–Kier alpha value is -1.94. The van der Waals surface area contributed by atoms with Gasteiger partial charge in [0.15, 0.2) is 12.2 Å². The highest BCUT2D eigenvalue weighted by atomic mass is 31.2. The van der Waals surface area contributed by atoms with Crippen LogP contribution in [-0.4, -0.2) is 96.7 Å². The van der Waals surface area contributed by atoms with Gasteiger partial charge in [-0.2, -0.15) is 0 Å². The summed E-state index contributed by atoms with van der Waals surface area (Å²) in [6.45, 7) is 9.65. The third kappa shape index (κ3) is 66.0. The molecule has 0 spiro atoms. The highest BCUT2D eigenvalue weighted by Gasteiger charge is 2.30. The molecule has 0 saturated heterocycles. The number of aliphatic hydroxyl groups excluding tert-OH is 1. The Morgan fingerprint density at radius 1 is 0.298 bits per heavy atom. The Bertz CT molecular complexity index is 1820. The fourth-order valence-electron chi connectivity index (χ4n) is 11.4. The normalized spacial score (nSPS) is 14.6. The van der Waals surface area contributed by atoms with E-state index in [0.29, 0.717) is 25.7 Å². The van der Waals surface area contributed by atoms with Crippen LogP contribution in [0.2, 0.25) is 0 Å². The summed E-state index contributed by atoms with van der Waals surface area (Å²) in [5.74, 6) is -0.502. The summed E-state index contributed by atoms with van der Waals surface area (Å²) in [6, 6.07) is 0. The van der Waals surface area contributed by atoms with Crippen molar-refractivity contribution in [3.8, 4) is 0 Å². The third-order valence-corrected chi connectivity index (χ3v) is 20.1.